The van der Waals surface area contributed by atoms with Crippen molar-refractivity contribution < 1.29 is 1.43 Å². The molecule has 0 saturated carbocycles. The van der Waals surface area contributed by atoms with E-state index in [9.17, 15) is 0 Å². The van der Waals surface area contributed by atoms with Crippen molar-refractivity contribution in [3.63, 3.8) is 0 Å². The Labute approximate surface area is 53.7 Å². The zero-order valence-corrected chi connectivity index (χ0v) is 5.11. The van der Waals surface area contributed by atoms with Gasteiger partial charge in [0.1, 0.15) is 0 Å². The van der Waals surface area contributed by atoms with E-state index in [2.05, 4.69) is 6.07 Å². The first kappa shape index (κ1) is 5.33. The molecule has 0 saturated heterocycles. The average molecular weight is 124 g/mol. The molecule has 0 aliphatic rings. The van der Waals surface area contributed by atoms with Crippen molar-refractivity contribution in [2.45, 2.75) is 6.42 Å². The van der Waals surface area contributed by atoms with Crippen molar-refractivity contribution in [2.24, 2.45) is 0 Å². The third-order valence-corrected chi connectivity index (χ3v) is 1.60. The van der Waals surface area contributed by atoms with Crippen LogP contribution in [0.3, 0.4) is 0 Å². The van der Waals surface area contributed by atoms with E-state index in [-0.39, 0.29) is 1.43 Å². The van der Waals surface area contributed by atoms with Crippen LogP contribution in [0, 0.1) is 11.3 Å². The van der Waals surface area contributed by atoms with Crippen LogP contribution in [0.1, 0.15) is 6.99 Å². The van der Waals surface area contributed by atoms with Crippen molar-refractivity contribution in [1.82, 2.24) is 0 Å². The summed E-state index contributed by atoms with van der Waals surface area (Å²) in [6, 6.07) is 4.04. The molecule has 0 amide bonds. The van der Waals surface area contributed by atoms with Crippen LogP contribution in [0.2, 0.25) is 0 Å². The zero-order valence-electron chi connectivity index (χ0n) is 5.29. The molecule has 8 heavy (non-hydrogen) atoms. The standard InChI is InChI=1S/C6H5NS/c7-3-1-6-2-4-8-5-6/h2,4-5H,1H2/p+1. The second-order valence-corrected chi connectivity index (χ2v) is 2.25. The van der Waals surface area contributed by atoms with Gasteiger partial charge < -0.3 is 0 Å². The molecule has 0 fully saturated rings. The molecule has 40 valence electrons. The minimum atomic E-state index is 0. The molecule has 1 rings (SSSR count). The monoisotopic (exact) mass is 124 g/mol. The van der Waals surface area contributed by atoms with Gasteiger partial charge in [0.25, 0.3) is 0 Å². The lowest BCUT2D eigenvalue weighted by Gasteiger charge is -1.76. The summed E-state index contributed by atoms with van der Waals surface area (Å²) in [6.07, 6.45) is 0.545. The van der Waals surface area contributed by atoms with E-state index >= 15 is 0 Å². The summed E-state index contributed by atoms with van der Waals surface area (Å²) in [6.45, 7) is 0. The molecule has 0 radical (unpaired) electrons. The van der Waals surface area contributed by atoms with E-state index < -0.39 is 0 Å². The molecule has 0 aliphatic heterocycles. The van der Waals surface area contributed by atoms with Gasteiger partial charge >= 0.3 is 1.43 Å². The molecule has 1 nitrogen and oxygen atoms in total. The first-order valence-corrected chi connectivity index (χ1v) is 3.26. The van der Waals surface area contributed by atoms with Crippen LogP contribution < -0.4 is 0 Å². The highest BCUT2D eigenvalue weighted by molar-refractivity contribution is 7.07. The fraction of sp³-hybridized carbons (Fsp3) is 0.167. The molecule has 1 heterocycles. The normalized spacial score (nSPS) is 8.38. The predicted molar refractivity (Wildman–Crippen MR) is 34.7 cm³/mol. The third kappa shape index (κ3) is 1.08. The van der Waals surface area contributed by atoms with Crippen molar-refractivity contribution in [3.8, 4) is 6.07 Å². The Morgan fingerprint density at radius 3 is 3.25 bits per heavy atom. The van der Waals surface area contributed by atoms with E-state index in [0.29, 0.717) is 6.42 Å². The van der Waals surface area contributed by atoms with Crippen LogP contribution >= 0.6 is 11.3 Å². The SMILES string of the molecule is N#CCc1ccsc1.[H+]. The predicted octanol–water partition coefficient (Wildman–Crippen LogP) is 1.93. The Balaban J connectivity index is 0.000000640. The largest absolute Gasteiger partial charge is 1.00 e. The molecule has 0 bridgehead atoms. The van der Waals surface area contributed by atoms with E-state index in [0.717, 1.165) is 5.56 Å². The Hall–Kier alpha value is -0.810. The van der Waals surface area contributed by atoms with Crippen molar-refractivity contribution in [3.05, 3.63) is 22.4 Å². The summed E-state index contributed by atoms with van der Waals surface area (Å²) in [5, 5.41) is 12.2. The number of rotatable bonds is 1. The number of hydrogen-bond donors (Lipinski definition) is 0. The number of hydrogen-bond acceptors (Lipinski definition) is 2. The van der Waals surface area contributed by atoms with Gasteiger partial charge in [-0.1, -0.05) is 0 Å². The summed E-state index contributed by atoms with van der Waals surface area (Å²) < 4.78 is 0. The van der Waals surface area contributed by atoms with Crippen LogP contribution in [0.4, 0.5) is 0 Å². The van der Waals surface area contributed by atoms with E-state index in [1.807, 2.05) is 16.8 Å². The summed E-state index contributed by atoms with van der Waals surface area (Å²) in [5.74, 6) is 0. The Kier molecular flexibility index (Phi) is 1.66. The minimum absolute atomic E-state index is 0. The summed E-state index contributed by atoms with van der Waals surface area (Å²) in [4.78, 5) is 0. The Morgan fingerprint density at radius 1 is 1.88 bits per heavy atom. The zero-order chi connectivity index (χ0) is 5.82. The van der Waals surface area contributed by atoms with Gasteiger partial charge in [0, 0.05) is 0 Å². The topological polar surface area (TPSA) is 23.8 Å². The molecule has 0 aromatic carbocycles. The second kappa shape index (κ2) is 2.49. The minimum Gasteiger partial charge on any atom is -0.198 e. The Morgan fingerprint density at radius 2 is 2.75 bits per heavy atom. The molecule has 0 N–H and O–H groups in total. The first-order chi connectivity index (χ1) is 3.93. The van der Waals surface area contributed by atoms with Gasteiger partial charge in [-0.15, -0.1) is 0 Å². The maximum Gasteiger partial charge on any atom is 1.00 e. The Bertz CT molecular complexity index is 187. The molecule has 1 aromatic heterocycles. The summed E-state index contributed by atoms with van der Waals surface area (Å²) in [7, 11) is 0. The fourth-order valence-electron chi connectivity index (χ4n) is 0.485. The van der Waals surface area contributed by atoms with Gasteiger partial charge in [-0.25, -0.2) is 0 Å². The average Bonchev–Trinajstić information content (AvgIpc) is 2.19. The second-order valence-electron chi connectivity index (χ2n) is 1.47. The number of thiophene rings is 1. The van der Waals surface area contributed by atoms with Gasteiger partial charge in [-0.05, 0) is 22.4 Å². The highest BCUT2D eigenvalue weighted by Crippen LogP contribution is 2.04. The van der Waals surface area contributed by atoms with Crippen molar-refractivity contribution >= 4 is 11.3 Å². The first-order valence-electron chi connectivity index (χ1n) is 2.31. The van der Waals surface area contributed by atoms with Gasteiger partial charge in [0.2, 0.25) is 0 Å². The van der Waals surface area contributed by atoms with Crippen LogP contribution in [0.25, 0.3) is 0 Å². The quantitative estimate of drug-likeness (QED) is 0.561. The molecule has 1 aromatic rings. The molecule has 2 heteroatoms. The molecule has 0 aliphatic carbocycles. The molecular formula is C6H6NS+. The van der Waals surface area contributed by atoms with Gasteiger partial charge in [-0.2, -0.15) is 16.6 Å². The molecule has 0 spiro atoms. The molecule has 0 atom stereocenters. The number of nitrogens with zero attached hydrogens (tertiary/aromatic N) is 1. The van der Waals surface area contributed by atoms with Crippen LogP contribution in [-0.2, 0) is 6.42 Å². The fourth-order valence-corrected chi connectivity index (χ4v) is 1.15. The number of nitriles is 1. The maximum absolute atomic E-state index is 8.19. The van der Waals surface area contributed by atoms with E-state index in [1.54, 1.807) is 11.3 Å². The summed E-state index contributed by atoms with van der Waals surface area (Å²) in [5.41, 5.74) is 1.12. The van der Waals surface area contributed by atoms with Crippen LogP contribution in [-0.4, -0.2) is 0 Å². The molecule has 0 unspecified atom stereocenters. The van der Waals surface area contributed by atoms with E-state index in [4.69, 9.17) is 5.26 Å². The van der Waals surface area contributed by atoms with Gasteiger partial charge in [-0.3, -0.25) is 0 Å². The van der Waals surface area contributed by atoms with E-state index in [1.165, 1.54) is 0 Å². The maximum atomic E-state index is 8.19. The highest BCUT2D eigenvalue weighted by atomic mass is 32.1. The van der Waals surface area contributed by atoms with Crippen molar-refractivity contribution in [1.29, 1.82) is 5.26 Å². The van der Waals surface area contributed by atoms with Crippen LogP contribution in [0.5, 0.6) is 0 Å². The van der Waals surface area contributed by atoms with Crippen LogP contribution in [0.15, 0.2) is 16.8 Å². The lowest BCUT2D eigenvalue weighted by molar-refractivity contribution is 1.29. The molecular weight excluding hydrogens is 118 g/mol. The van der Waals surface area contributed by atoms with Crippen molar-refractivity contribution in [2.75, 3.05) is 0 Å². The lowest BCUT2D eigenvalue weighted by Crippen LogP contribution is -1.70. The summed E-state index contributed by atoms with van der Waals surface area (Å²) >= 11 is 1.63. The highest BCUT2D eigenvalue weighted by Gasteiger charge is 1.86. The van der Waals surface area contributed by atoms with Gasteiger partial charge in [0.05, 0.1) is 12.5 Å². The lowest BCUT2D eigenvalue weighted by atomic mass is 10.3. The van der Waals surface area contributed by atoms with Gasteiger partial charge in [0.15, 0.2) is 0 Å². The smallest absolute Gasteiger partial charge is 0.198 e. The third-order valence-electron chi connectivity index (χ3n) is 0.863.